The molecule has 0 saturated heterocycles. The van der Waals surface area contributed by atoms with Gasteiger partial charge < -0.3 is 15.2 Å². The van der Waals surface area contributed by atoms with Gasteiger partial charge in [0, 0.05) is 6.07 Å². The molecule has 1 fully saturated rings. The molecule has 114 valence electrons. The van der Waals surface area contributed by atoms with Gasteiger partial charge in [-0.2, -0.15) is 0 Å². The number of carboxylic acid groups (broad SMARTS) is 1. The summed E-state index contributed by atoms with van der Waals surface area (Å²) in [5.74, 6) is -1.91. The molecule has 0 spiro atoms. The average molecular weight is 295 g/mol. The summed E-state index contributed by atoms with van der Waals surface area (Å²) in [7, 11) is 1.41. The van der Waals surface area contributed by atoms with E-state index in [1.165, 1.54) is 19.2 Å². The van der Waals surface area contributed by atoms with Gasteiger partial charge in [-0.15, -0.1) is 0 Å². The number of hydrogen-bond acceptors (Lipinski definition) is 3. The third kappa shape index (κ3) is 3.51. The lowest BCUT2D eigenvalue weighted by Gasteiger charge is -2.28. The number of amides is 1. The maximum Gasteiger partial charge on any atom is 0.305 e. The monoisotopic (exact) mass is 295 g/mol. The van der Waals surface area contributed by atoms with Crippen LogP contribution in [0.15, 0.2) is 18.2 Å². The number of rotatable bonds is 5. The molecule has 0 aromatic heterocycles. The number of benzene rings is 1. The smallest absolute Gasteiger partial charge is 0.305 e. The number of carbonyl (C=O) groups is 2. The van der Waals surface area contributed by atoms with E-state index in [-0.39, 0.29) is 12.0 Å². The van der Waals surface area contributed by atoms with Crippen molar-refractivity contribution in [3.63, 3.8) is 0 Å². The number of aliphatic carboxylic acids is 1. The topological polar surface area (TPSA) is 75.6 Å². The highest BCUT2D eigenvalue weighted by molar-refractivity contribution is 5.95. The van der Waals surface area contributed by atoms with Crippen LogP contribution in [0, 0.1) is 5.82 Å². The molecule has 1 aromatic carbocycles. The second-order valence-corrected chi connectivity index (χ2v) is 5.36. The highest BCUT2D eigenvalue weighted by atomic mass is 19.1. The van der Waals surface area contributed by atoms with E-state index in [2.05, 4.69) is 5.32 Å². The molecule has 0 aliphatic heterocycles. The predicted molar refractivity (Wildman–Crippen MR) is 73.9 cm³/mol. The lowest BCUT2D eigenvalue weighted by molar-refractivity contribution is -0.138. The maximum atomic E-state index is 13.9. The number of halogens is 1. The van der Waals surface area contributed by atoms with Crippen LogP contribution < -0.4 is 10.1 Å². The van der Waals surface area contributed by atoms with Crippen molar-refractivity contribution in [2.24, 2.45) is 0 Å². The van der Waals surface area contributed by atoms with Gasteiger partial charge in [0.05, 0.1) is 24.6 Å². The first-order valence-electron chi connectivity index (χ1n) is 6.84. The molecule has 5 nitrogen and oxygen atoms in total. The van der Waals surface area contributed by atoms with Gasteiger partial charge in [-0.1, -0.05) is 12.8 Å². The fourth-order valence-electron chi connectivity index (χ4n) is 2.80. The lowest BCUT2D eigenvalue weighted by atomic mass is 9.92. The summed E-state index contributed by atoms with van der Waals surface area (Å²) in [6, 6.07) is 3.97. The zero-order valence-corrected chi connectivity index (χ0v) is 11.8. The van der Waals surface area contributed by atoms with Crippen LogP contribution in [-0.2, 0) is 4.79 Å². The molecule has 1 amide bonds. The highest BCUT2D eigenvalue weighted by Crippen LogP contribution is 2.33. The summed E-state index contributed by atoms with van der Waals surface area (Å²) in [5.41, 5.74) is -0.873. The SMILES string of the molecule is COc1ccc(C(=O)NC2(CC(=O)O)CCCC2)c(F)c1. The Bertz CT molecular complexity index is 553. The van der Waals surface area contributed by atoms with Crippen molar-refractivity contribution in [3.8, 4) is 5.75 Å². The van der Waals surface area contributed by atoms with Crippen molar-refractivity contribution in [2.45, 2.75) is 37.6 Å². The molecule has 0 bridgehead atoms. The molecule has 2 rings (SSSR count). The first kappa shape index (κ1) is 15.3. The van der Waals surface area contributed by atoms with Crippen molar-refractivity contribution in [2.75, 3.05) is 7.11 Å². The Morgan fingerprint density at radius 2 is 2.05 bits per heavy atom. The Morgan fingerprint density at radius 1 is 1.38 bits per heavy atom. The summed E-state index contributed by atoms with van der Waals surface area (Å²) < 4.78 is 18.8. The molecule has 6 heteroatoms. The first-order valence-corrected chi connectivity index (χ1v) is 6.84. The largest absolute Gasteiger partial charge is 0.497 e. The third-order valence-corrected chi connectivity index (χ3v) is 3.85. The number of hydrogen-bond donors (Lipinski definition) is 2. The number of carboxylic acids is 1. The fourth-order valence-corrected chi connectivity index (χ4v) is 2.80. The van der Waals surface area contributed by atoms with Crippen LogP contribution in [0.1, 0.15) is 42.5 Å². The molecule has 21 heavy (non-hydrogen) atoms. The summed E-state index contributed by atoms with van der Waals surface area (Å²) in [4.78, 5) is 23.2. The van der Waals surface area contributed by atoms with Crippen molar-refractivity contribution in [3.05, 3.63) is 29.6 Å². The molecule has 0 unspecified atom stereocenters. The first-order chi connectivity index (χ1) is 9.96. The minimum atomic E-state index is -0.965. The van der Waals surface area contributed by atoms with Gasteiger partial charge in [-0.3, -0.25) is 9.59 Å². The molecular weight excluding hydrogens is 277 g/mol. The molecule has 0 heterocycles. The Kier molecular flexibility index (Phi) is 4.45. The number of carbonyl (C=O) groups excluding carboxylic acids is 1. The van der Waals surface area contributed by atoms with Gasteiger partial charge in [0.25, 0.3) is 5.91 Å². The van der Waals surface area contributed by atoms with E-state index in [1.54, 1.807) is 0 Å². The van der Waals surface area contributed by atoms with Gasteiger partial charge >= 0.3 is 5.97 Å². The zero-order valence-electron chi connectivity index (χ0n) is 11.8. The average Bonchev–Trinajstić information content (AvgIpc) is 2.85. The standard InChI is InChI=1S/C15H18FNO4/c1-21-10-4-5-11(12(16)8-10)14(20)17-15(9-13(18)19)6-2-3-7-15/h4-5,8H,2-3,6-7,9H2,1H3,(H,17,20)(H,18,19). The molecular formula is C15H18FNO4. The van der Waals surface area contributed by atoms with Crippen LogP contribution in [0.4, 0.5) is 4.39 Å². The van der Waals surface area contributed by atoms with E-state index >= 15 is 0 Å². The second-order valence-electron chi connectivity index (χ2n) is 5.36. The molecule has 1 saturated carbocycles. The summed E-state index contributed by atoms with van der Waals surface area (Å²) in [6.07, 6.45) is 2.78. The molecule has 1 aliphatic rings. The molecule has 1 aromatic rings. The van der Waals surface area contributed by atoms with Crippen LogP contribution in [-0.4, -0.2) is 29.6 Å². The van der Waals surface area contributed by atoms with Crippen LogP contribution in [0.2, 0.25) is 0 Å². The van der Waals surface area contributed by atoms with Gasteiger partial charge in [-0.25, -0.2) is 4.39 Å². The predicted octanol–water partition coefficient (Wildman–Crippen LogP) is 2.35. The minimum Gasteiger partial charge on any atom is -0.497 e. The van der Waals surface area contributed by atoms with E-state index in [0.717, 1.165) is 18.9 Å². The molecule has 2 N–H and O–H groups in total. The number of nitrogens with one attached hydrogen (secondary N) is 1. The van der Waals surface area contributed by atoms with Gasteiger partial charge in [0.2, 0.25) is 0 Å². The molecule has 0 atom stereocenters. The Balaban J connectivity index is 2.17. The maximum absolute atomic E-state index is 13.9. The summed E-state index contributed by atoms with van der Waals surface area (Å²) in [5, 5.41) is 11.7. The quantitative estimate of drug-likeness (QED) is 0.874. The normalized spacial score (nSPS) is 16.5. The van der Waals surface area contributed by atoms with E-state index in [1.807, 2.05) is 0 Å². The van der Waals surface area contributed by atoms with Crippen LogP contribution >= 0.6 is 0 Å². The molecule has 1 aliphatic carbocycles. The van der Waals surface area contributed by atoms with Crippen molar-refractivity contribution in [1.82, 2.24) is 5.32 Å². The van der Waals surface area contributed by atoms with Crippen LogP contribution in [0.3, 0.4) is 0 Å². The lowest BCUT2D eigenvalue weighted by Crippen LogP contribution is -2.48. The highest BCUT2D eigenvalue weighted by Gasteiger charge is 2.38. The van der Waals surface area contributed by atoms with Crippen LogP contribution in [0.5, 0.6) is 5.75 Å². The summed E-state index contributed by atoms with van der Waals surface area (Å²) in [6.45, 7) is 0. The van der Waals surface area contributed by atoms with E-state index in [0.29, 0.717) is 18.6 Å². The van der Waals surface area contributed by atoms with Crippen LogP contribution in [0.25, 0.3) is 0 Å². The Labute approximate surface area is 122 Å². The van der Waals surface area contributed by atoms with Gasteiger partial charge in [0.15, 0.2) is 0 Å². The zero-order chi connectivity index (χ0) is 15.5. The Hall–Kier alpha value is -2.11. The van der Waals surface area contributed by atoms with E-state index < -0.39 is 23.2 Å². The van der Waals surface area contributed by atoms with Gasteiger partial charge in [0.1, 0.15) is 11.6 Å². The summed E-state index contributed by atoms with van der Waals surface area (Å²) >= 11 is 0. The molecule has 0 radical (unpaired) electrons. The van der Waals surface area contributed by atoms with E-state index in [4.69, 9.17) is 9.84 Å². The van der Waals surface area contributed by atoms with Gasteiger partial charge in [-0.05, 0) is 25.0 Å². The van der Waals surface area contributed by atoms with Crippen molar-refractivity contribution in [1.29, 1.82) is 0 Å². The second kappa shape index (κ2) is 6.11. The number of ether oxygens (including phenoxy) is 1. The third-order valence-electron chi connectivity index (χ3n) is 3.85. The Morgan fingerprint density at radius 3 is 2.57 bits per heavy atom. The minimum absolute atomic E-state index is 0.104. The van der Waals surface area contributed by atoms with Crippen molar-refractivity contribution < 1.29 is 23.8 Å². The van der Waals surface area contributed by atoms with E-state index in [9.17, 15) is 14.0 Å². The number of methoxy groups -OCH3 is 1. The fraction of sp³-hybridized carbons (Fsp3) is 0.467. The van der Waals surface area contributed by atoms with Crippen molar-refractivity contribution >= 4 is 11.9 Å².